The lowest BCUT2D eigenvalue weighted by Crippen LogP contribution is -2.18. The van der Waals surface area contributed by atoms with E-state index in [4.69, 9.17) is 9.26 Å². The molecule has 0 bridgehead atoms. The Kier molecular flexibility index (Phi) is 5.55. The minimum Gasteiger partial charge on any atom is -0.487 e. The molecule has 2 heterocycles. The van der Waals surface area contributed by atoms with E-state index in [1.807, 2.05) is 12.1 Å². The Morgan fingerprint density at radius 1 is 0.968 bits per heavy atom. The average molecular weight is 417 g/mol. The molecule has 5 nitrogen and oxygen atoms in total. The number of benzene rings is 2. The van der Waals surface area contributed by atoms with Gasteiger partial charge < -0.3 is 9.26 Å². The van der Waals surface area contributed by atoms with Crippen molar-refractivity contribution in [2.75, 3.05) is 0 Å². The fourth-order valence-electron chi connectivity index (χ4n) is 3.39. The summed E-state index contributed by atoms with van der Waals surface area (Å²) < 4.78 is 25.0. The molecule has 0 N–H and O–H groups in total. The number of hydrogen-bond acceptors (Lipinski definition) is 5. The molecule has 0 aliphatic heterocycles. The van der Waals surface area contributed by atoms with E-state index in [9.17, 15) is 4.39 Å². The van der Waals surface area contributed by atoms with Crippen molar-refractivity contribution in [3.05, 3.63) is 94.8 Å². The van der Waals surface area contributed by atoms with E-state index in [2.05, 4.69) is 72.3 Å². The third-order valence-corrected chi connectivity index (χ3v) is 5.41. The molecule has 4 aromatic rings. The van der Waals surface area contributed by atoms with Crippen molar-refractivity contribution in [1.82, 2.24) is 15.1 Å². The number of nitrogens with zero attached hydrogens (tertiary/aromatic N) is 3. The second-order valence-corrected chi connectivity index (χ2v) is 8.11. The molecule has 6 heteroatoms. The third-order valence-electron chi connectivity index (χ3n) is 5.41. The Hall–Kier alpha value is -3.54. The van der Waals surface area contributed by atoms with Gasteiger partial charge in [0.15, 0.2) is 11.6 Å². The number of rotatable bonds is 6. The normalized spacial score (nSPS) is 11.5. The number of halogens is 1. The van der Waals surface area contributed by atoms with Crippen molar-refractivity contribution < 1.29 is 13.7 Å². The number of hydrogen-bond donors (Lipinski definition) is 0. The average Bonchev–Trinajstić information content (AvgIpc) is 3.20. The third kappa shape index (κ3) is 4.48. The molecule has 0 unspecified atom stereocenters. The van der Waals surface area contributed by atoms with Crippen LogP contribution >= 0.6 is 0 Å². The van der Waals surface area contributed by atoms with Crippen LogP contribution in [0.15, 0.2) is 65.3 Å². The first-order valence-corrected chi connectivity index (χ1v) is 10.1. The Bertz CT molecular complexity index is 1180. The topological polar surface area (TPSA) is 61.0 Å². The molecule has 31 heavy (non-hydrogen) atoms. The van der Waals surface area contributed by atoms with Gasteiger partial charge in [-0.25, -0.2) is 4.39 Å². The number of ether oxygens (including phenoxy) is 1. The van der Waals surface area contributed by atoms with Gasteiger partial charge in [-0.15, -0.1) is 0 Å². The smallest absolute Gasteiger partial charge is 0.261 e. The molecule has 0 saturated carbocycles. The molecule has 0 aliphatic rings. The Labute approximate surface area is 180 Å². The highest BCUT2D eigenvalue weighted by molar-refractivity contribution is 5.53. The van der Waals surface area contributed by atoms with Crippen LogP contribution in [0.1, 0.15) is 42.1 Å². The summed E-state index contributed by atoms with van der Waals surface area (Å²) in [7, 11) is 0. The van der Waals surface area contributed by atoms with Gasteiger partial charge in [0.25, 0.3) is 5.89 Å². The molecule has 4 rings (SSSR count). The fraction of sp³-hybridized carbons (Fsp3) is 0.240. The van der Waals surface area contributed by atoms with Crippen molar-refractivity contribution in [2.24, 2.45) is 0 Å². The van der Waals surface area contributed by atoms with Gasteiger partial charge in [-0.3, -0.25) is 4.98 Å². The predicted molar refractivity (Wildman–Crippen MR) is 116 cm³/mol. The SMILES string of the molecule is Cc1ccc(C(C)(C)c2ccc(OCc3cc(-c4nc(C)no4)c(F)cn3)cc2)cc1. The molecule has 158 valence electrons. The van der Waals surface area contributed by atoms with Crippen molar-refractivity contribution in [1.29, 1.82) is 0 Å². The second kappa shape index (κ2) is 8.30. The fourth-order valence-corrected chi connectivity index (χ4v) is 3.39. The lowest BCUT2D eigenvalue weighted by Gasteiger charge is -2.26. The summed E-state index contributed by atoms with van der Waals surface area (Å²) in [4.78, 5) is 8.18. The first-order chi connectivity index (χ1) is 14.8. The number of pyridine rings is 1. The van der Waals surface area contributed by atoms with Gasteiger partial charge in [0.2, 0.25) is 0 Å². The van der Waals surface area contributed by atoms with E-state index in [1.165, 1.54) is 16.7 Å². The van der Waals surface area contributed by atoms with Crippen LogP contribution in [0, 0.1) is 19.7 Å². The van der Waals surface area contributed by atoms with E-state index in [1.54, 1.807) is 13.0 Å². The molecule has 2 aromatic heterocycles. The Morgan fingerprint density at radius 3 is 2.23 bits per heavy atom. The van der Waals surface area contributed by atoms with Crippen LogP contribution in [0.25, 0.3) is 11.5 Å². The maximum atomic E-state index is 14.1. The van der Waals surface area contributed by atoms with Gasteiger partial charge in [-0.05, 0) is 43.2 Å². The first kappa shape index (κ1) is 20.7. The summed E-state index contributed by atoms with van der Waals surface area (Å²) >= 11 is 0. The highest BCUT2D eigenvalue weighted by Crippen LogP contribution is 2.32. The standard InChI is InChI=1S/C25H24FN3O2/c1-16-5-7-18(8-6-16)25(3,4)19-9-11-21(12-10-19)30-15-20-13-22(23(26)14-27-20)24-28-17(2)29-31-24/h5-14H,15H2,1-4H3. The van der Waals surface area contributed by atoms with Crippen molar-refractivity contribution in [3.63, 3.8) is 0 Å². The summed E-state index contributed by atoms with van der Waals surface area (Å²) in [5.74, 6) is 0.763. The van der Waals surface area contributed by atoms with Crippen molar-refractivity contribution in [3.8, 4) is 17.2 Å². The summed E-state index contributed by atoms with van der Waals surface area (Å²) in [6.07, 6.45) is 1.14. The van der Waals surface area contributed by atoms with Crippen LogP contribution in [0.3, 0.4) is 0 Å². The zero-order valence-electron chi connectivity index (χ0n) is 18.0. The second-order valence-electron chi connectivity index (χ2n) is 8.11. The van der Waals surface area contributed by atoms with Crippen LogP contribution in [0.2, 0.25) is 0 Å². The molecular weight excluding hydrogens is 393 g/mol. The van der Waals surface area contributed by atoms with E-state index >= 15 is 0 Å². The van der Waals surface area contributed by atoms with Crippen LogP contribution in [0.5, 0.6) is 5.75 Å². The van der Waals surface area contributed by atoms with Gasteiger partial charge in [-0.2, -0.15) is 4.98 Å². The van der Waals surface area contributed by atoms with Crippen molar-refractivity contribution >= 4 is 0 Å². The van der Waals surface area contributed by atoms with E-state index in [0.717, 1.165) is 6.20 Å². The van der Waals surface area contributed by atoms with Crippen LogP contribution in [-0.4, -0.2) is 15.1 Å². The van der Waals surface area contributed by atoms with Gasteiger partial charge in [0, 0.05) is 5.41 Å². The molecule has 0 spiro atoms. The van der Waals surface area contributed by atoms with Gasteiger partial charge in [-0.1, -0.05) is 61.0 Å². The summed E-state index contributed by atoms with van der Waals surface area (Å²) in [5, 5.41) is 3.71. The predicted octanol–water partition coefficient (Wildman–Crippen LogP) is 5.79. The van der Waals surface area contributed by atoms with Gasteiger partial charge in [0.1, 0.15) is 12.4 Å². The Morgan fingerprint density at radius 2 is 1.61 bits per heavy atom. The number of aryl methyl sites for hydroxylation is 2. The number of aromatic nitrogens is 3. The largest absolute Gasteiger partial charge is 0.487 e. The molecule has 0 amide bonds. The molecule has 2 aromatic carbocycles. The van der Waals surface area contributed by atoms with Crippen molar-refractivity contribution in [2.45, 2.75) is 39.7 Å². The zero-order valence-corrected chi connectivity index (χ0v) is 18.0. The van der Waals surface area contributed by atoms with Crippen LogP contribution in [-0.2, 0) is 12.0 Å². The minimum atomic E-state index is -0.518. The summed E-state index contributed by atoms with van der Waals surface area (Å²) in [5.41, 5.74) is 4.35. The monoisotopic (exact) mass is 417 g/mol. The molecule has 0 saturated heterocycles. The summed E-state index contributed by atoms with van der Waals surface area (Å²) in [6.45, 7) is 8.37. The quantitative estimate of drug-likeness (QED) is 0.397. The van der Waals surface area contributed by atoms with Crippen LogP contribution in [0.4, 0.5) is 4.39 Å². The molecule has 0 atom stereocenters. The maximum absolute atomic E-state index is 14.1. The molecular formula is C25H24FN3O2. The Balaban J connectivity index is 1.47. The lowest BCUT2D eigenvalue weighted by atomic mass is 9.78. The maximum Gasteiger partial charge on any atom is 0.261 e. The molecule has 0 radical (unpaired) electrons. The minimum absolute atomic E-state index is 0.123. The highest BCUT2D eigenvalue weighted by atomic mass is 19.1. The van der Waals surface area contributed by atoms with Crippen LogP contribution < -0.4 is 4.74 Å². The van der Waals surface area contributed by atoms with E-state index in [0.29, 0.717) is 17.3 Å². The van der Waals surface area contributed by atoms with E-state index < -0.39 is 5.82 Å². The molecule has 0 fully saturated rings. The molecule has 0 aliphatic carbocycles. The van der Waals surface area contributed by atoms with Gasteiger partial charge in [0.05, 0.1) is 17.5 Å². The van der Waals surface area contributed by atoms with E-state index in [-0.39, 0.29) is 23.5 Å². The zero-order chi connectivity index (χ0) is 22.0. The summed E-state index contributed by atoms with van der Waals surface area (Å²) in [6, 6.07) is 18.2. The van der Waals surface area contributed by atoms with Gasteiger partial charge >= 0.3 is 0 Å². The first-order valence-electron chi connectivity index (χ1n) is 10.1. The lowest BCUT2D eigenvalue weighted by molar-refractivity contribution is 0.301. The highest BCUT2D eigenvalue weighted by Gasteiger charge is 2.23.